The van der Waals surface area contributed by atoms with E-state index in [0.29, 0.717) is 11.1 Å². The van der Waals surface area contributed by atoms with Gasteiger partial charge in [0.15, 0.2) is 0 Å². The van der Waals surface area contributed by atoms with Gasteiger partial charge < -0.3 is 9.55 Å². The second-order valence-electron chi connectivity index (χ2n) is 6.91. The topological polar surface area (TPSA) is 66.9 Å². The number of para-hydroxylation sites is 2. The molecule has 3 heterocycles. The van der Waals surface area contributed by atoms with Crippen LogP contribution in [0.4, 0.5) is 0 Å². The van der Waals surface area contributed by atoms with Crippen LogP contribution in [0, 0.1) is 6.92 Å². The van der Waals surface area contributed by atoms with Gasteiger partial charge in [-0.15, -0.1) is 0 Å². The molecule has 0 aliphatic carbocycles. The van der Waals surface area contributed by atoms with E-state index < -0.39 is 0 Å². The number of hydrogen-bond acceptors (Lipinski definition) is 2. The molecular weight excluding hydrogens is 338 g/mol. The third-order valence-electron chi connectivity index (χ3n) is 5.26. The minimum absolute atomic E-state index is 0. The lowest BCUT2D eigenvalue weighted by molar-refractivity contribution is -0.122. The van der Waals surface area contributed by atoms with Gasteiger partial charge in [-0.1, -0.05) is 36.4 Å². The highest BCUT2D eigenvalue weighted by atomic mass is 16.2. The van der Waals surface area contributed by atoms with Crippen LogP contribution in [0.15, 0.2) is 54.9 Å². The Balaban J connectivity index is 0.00000120. The molecule has 0 spiro atoms. The predicted molar refractivity (Wildman–Crippen MR) is 110 cm³/mol. The first-order valence-corrected chi connectivity index (χ1v) is 8.77. The Morgan fingerprint density at radius 2 is 1.59 bits per heavy atom. The lowest BCUT2D eigenvalue weighted by atomic mass is 9.95. The molecular formula is C22H21N3O2. The van der Waals surface area contributed by atoms with E-state index in [0.717, 1.165) is 38.5 Å². The maximum atomic E-state index is 12.8. The Bertz CT molecular complexity index is 1310. The van der Waals surface area contributed by atoms with Gasteiger partial charge in [0.25, 0.3) is 11.8 Å². The van der Waals surface area contributed by atoms with Gasteiger partial charge in [-0.05, 0) is 18.6 Å². The number of aryl methyl sites for hydroxylation is 2. The number of carbonyl (C=O) groups is 2. The minimum atomic E-state index is -0.357. The number of nitrogens with one attached hydrogen (secondary N) is 2. The molecule has 5 heteroatoms. The number of amides is 2. The number of fused-ring (bicyclic) bond motifs is 2. The van der Waals surface area contributed by atoms with E-state index in [1.54, 1.807) is 6.20 Å². The standard InChI is InChI=1S/C22H17N3O2.2H2/c1-12-6-5-8-14-16(11-25(2)20(12)14)19-18(21(26)24-22(19)27)15-10-23-17-9-4-3-7-13(15)17;;/h3-11,23H,1-2H3,(H,24,26,27);2*1H. The van der Waals surface area contributed by atoms with Gasteiger partial charge >= 0.3 is 0 Å². The third kappa shape index (κ3) is 2.11. The SMILES string of the molecule is Cc1cccc2c(C3=C(c4c[nH]c5ccccc45)C(=O)NC3=O)cn(C)c12.[HH].[HH]. The maximum absolute atomic E-state index is 12.8. The van der Waals surface area contributed by atoms with Crippen molar-refractivity contribution in [3.63, 3.8) is 0 Å². The summed E-state index contributed by atoms with van der Waals surface area (Å²) in [6.45, 7) is 2.04. The van der Waals surface area contributed by atoms with E-state index in [-0.39, 0.29) is 14.7 Å². The Hall–Kier alpha value is -3.60. The minimum Gasteiger partial charge on any atom is -0.361 e. The first kappa shape index (κ1) is 15.6. The number of carbonyl (C=O) groups excluding carboxylic acids is 2. The quantitative estimate of drug-likeness (QED) is 0.531. The summed E-state index contributed by atoms with van der Waals surface area (Å²) >= 11 is 0. The third-order valence-corrected chi connectivity index (χ3v) is 5.26. The highest BCUT2D eigenvalue weighted by molar-refractivity contribution is 6.50. The number of aromatic nitrogens is 2. The molecule has 5 rings (SSSR count). The fourth-order valence-corrected chi connectivity index (χ4v) is 4.12. The molecule has 0 fully saturated rings. The largest absolute Gasteiger partial charge is 0.361 e. The average Bonchev–Trinajstić information content (AvgIpc) is 3.29. The van der Waals surface area contributed by atoms with E-state index in [9.17, 15) is 9.59 Å². The summed E-state index contributed by atoms with van der Waals surface area (Å²) in [4.78, 5) is 28.7. The van der Waals surface area contributed by atoms with Crippen LogP contribution in [0.1, 0.15) is 19.5 Å². The Kier molecular flexibility index (Phi) is 3.15. The van der Waals surface area contributed by atoms with Crippen LogP contribution in [-0.4, -0.2) is 21.4 Å². The summed E-state index contributed by atoms with van der Waals surface area (Å²) < 4.78 is 2.01. The Labute approximate surface area is 158 Å². The molecule has 2 aromatic carbocycles. The average molecular weight is 359 g/mol. The molecule has 27 heavy (non-hydrogen) atoms. The van der Waals surface area contributed by atoms with Gasteiger partial charge in [0, 0.05) is 49.7 Å². The molecule has 1 aliphatic rings. The van der Waals surface area contributed by atoms with E-state index in [1.165, 1.54) is 0 Å². The van der Waals surface area contributed by atoms with Crippen molar-refractivity contribution in [1.82, 2.24) is 14.9 Å². The highest BCUT2D eigenvalue weighted by Gasteiger charge is 2.34. The number of hydrogen-bond donors (Lipinski definition) is 2. The zero-order chi connectivity index (χ0) is 18.7. The van der Waals surface area contributed by atoms with Crippen LogP contribution in [0.2, 0.25) is 0 Å². The lowest BCUT2D eigenvalue weighted by Gasteiger charge is -2.03. The second kappa shape index (κ2) is 5.45. The van der Waals surface area contributed by atoms with Crippen molar-refractivity contribution >= 4 is 44.8 Å². The van der Waals surface area contributed by atoms with Crippen LogP contribution in [0.3, 0.4) is 0 Å². The molecule has 2 amide bonds. The van der Waals surface area contributed by atoms with Gasteiger partial charge in [-0.2, -0.15) is 0 Å². The predicted octanol–water partition coefficient (Wildman–Crippen LogP) is 4.03. The molecule has 0 saturated carbocycles. The highest BCUT2D eigenvalue weighted by Crippen LogP contribution is 2.38. The molecule has 5 nitrogen and oxygen atoms in total. The van der Waals surface area contributed by atoms with Crippen LogP contribution >= 0.6 is 0 Å². The maximum Gasteiger partial charge on any atom is 0.259 e. The first-order chi connectivity index (χ1) is 13.1. The normalized spacial score (nSPS) is 14.6. The molecule has 0 saturated heterocycles. The number of imide groups is 1. The number of benzene rings is 2. The van der Waals surface area contributed by atoms with Crippen molar-refractivity contribution in [3.05, 3.63) is 71.5 Å². The molecule has 0 atom stereocenters. The fourth-order valence-electron chi connectivity index (χ4n) is 4.12. The fraction of sp³-hybridized carbons (Fsp3) is 0.0909. The molecule has 136 valence electrons. The zero-order valence-electron chi connectivity index (χ0n) is 15.0. The summed E-state index contributed by atoms with van der Waals surface area (Å²) in [5, 5.41) is 4.37. The molecule has 4 aromatic rings. The molecule has 0 unspecified atom stereocenters. The summed E-state index contributed by atoms with van der Waals surface area (Å²) in [6, 6.07) is 13.8. The number of aromatic amines is 1. The summed E-state index contributed by atoms with van der Waals surface area (Å²) in [5.41, 5.74) is 5.49. The Morgan fingerprint density at radius 3 is 2.41 bits per heavy atom. The van der Waals surface area contributed by atoms with Crippen molar-refractivity contribution < 1.29 is 12.4 Å². The first-order valence-electron chi connectivity index (χ1n) is 8.77. The number of H-pyrrole nitrogens is 1. The summed E-state index contributed by atoms with van der Waals surface area (Å²) in [5.74, 6) is -0.710. The van der Waals surface area contributed by atoms with Crippen LogP contribution in [0.25, 0.3) is 33.0 Å². The second-order valence-corrected chi connectivity index (χ2v) is 6.91. The van der Waals surface area contributed by atoms with Crippen molar-refractivity contribution in [2.24, 2.45) is 7.05 Å². The van der Waals surface area contributed by atoms with E-state index in [1.807, 2.05) is 67.2 Å². The summed E-state index contributed by atoms with van der Waals surface area (Å²) in [6.07, 6.45) is 3.73. The van der Waals surface area contributed by atoms with Crippen molar-refractivity contribution in [2.75, 3.05) is 0 Å². The molecule has 2 N–H and O–H groups in total. The monoisotopic (exact) mass is 359 g/mol. The van der Waals surface area contributed by atoms with Gasteiger partial charge in [-0.3, -0.25) is 14.9 Å². The van der Waals surface area contributed by atoms with Crippen molar-refractivity contribution in [3.8, 4) is 0 Å². The van der Waals surface area contributed by atoms with Crippen molar-refractivity contribution in [2.45, 2.75) is 6.92 Å². The van der Waals surface area contributed by atoms with Crippen LogP contribution in [0.5, 0.6) is 0 Å². The number of nitrogens with zero attached hydrogens (tertiary/aromatic N) is 1. The van der Waals surface area contributed by atoms with E-state index in [4.69, 9.17) is 0 Å². The van der Waals surface area contributed by atoms with Gasteiger partial charge in [-0.25, -0.2) is 0 Å². The van der Waals surface area contributed by atoms with E-state index >= 15 is 0 Å². The lowest BCUT2D eigenvalue weighted by Crippen LogP contribution is -2.22. The van der Waals surface area contributed by atoms with Crippen molar-refractivity contribution in [1.29, 1.82) is 0 Å². The van der Waals surface area contributed by atoms with Crippen LogP contribution < -0.4 is 5.32 Å². The van der Waals surface area contributed by atoms with Gasteiger partial charge in [0.1, 0.15) is 0 Å². The van der Waals surface area contributed by atoms with Gasteiger partial charge in [0.2, 0.25) is 0 Å². The summed E-state index contributed by atoms with van der Waals surface area (Å²) in [7, 11) is 1.96. The van der Waals surface area contributed by atoms with E-state index in [2.05, 4.69) is 10.3 Å². The Morgan fingerprint density at radius 1 is 0.889 bits per heavy atom. The molecule has 1 aliphatic heterocycles. The number of rotatable bonds is 2. The molecule has 0 radical (unpaired) electrons. The zero-order valence-corrected chi connectivity index (χ0v) is 15.0. The molecule has 2 aromatic heterocycles. The molecule has 0 bridgehead atoms. The van der Waals surface area contributed by atoms with Gasteiger partial charge in [0.05, 0.1) is 16.7 Å². The smallest absolute Gasteiger partial charge is 0.259 e. The van der Waals surface area contributed by atoms with Crippen LogP contribution in [-0.2, 0) is 16.6 Å².